The van der Waals surface area contributed by atoms with Crippen LogP contribution in [-0.4, -0.2) is 46.8 Å². The third-order valence-electron chi connectivity index (χ3n) is 3.82. The van der Waals surface area contributed by atoms with Crippen LogP contribution in [0.2, 0.25) is 0 Å². The highest BCUT2D eigenvalue weighted by molar-refractivity contribution is 8.00. The van der Waals surface area contributed by atoms with Crippen molar-refractivity contribution < 1.29 is 9.26 Å². The molecule has 2 unspecified atom stereocenters. The molecule has 7 nitrogen and oxygen atoms in total. The summed E-state index contributed by atoms with van der Waals surface area (Å²) in [6.45, 7) is 8.11. The van der Waals surface area contributed by atoms with Gasteiger partial charge in [0, 0.05) is 24.9 Å². The Morgan fingerprint density at radius 2 is 2.35 bits per heavy atom. The fourth-order valence-electron chi connectivity index (χ4n) is 2.46. The normalized spacial score (nSPS) is 23.0. The summed E-state index contributed by atoms with van der Waals surface area (Å²) in [6.07, 6.45) is 2.37. The van der Waals surface area contributed by atoms with Gasteiger partial charge in [0.15, 0.2) is 11.8 Å². The van der Waals surface area contributed by atoms with Crippen LogP contribution in [0.15, 0.2) is 9.52 Å². The predicted octanol–water partition coefficient (Wildman–Crippen LogP) is 2.12. The monoisotopic (exact) mass is 341 g/mol. The van der Waals surface area contributed by atoms with Gasteiger partial charge in [0.2, 0.25) is 5.89 Å². The molecule has 2 rings (SSSR count). The summed E-state index contributed by atoms with van der Waals surface area (Å²) in [6, 6.07) is 0. The quantitative estimate of drug-likeness (QED) is 0.580. The molecule has 1 aromatic rings. The molecule has 0 saturated carbocycles. The first-order valence-electron chi connectivity index (χ1n) is 8.09. The lowest BCUT2D eigenvalue weighted by Crippen LogP contribution is -2.43. The molecule has 23 heavy (non-hydrogen) atoms. The molecule has 130 valence electrons. The number of aromatic nitrogens is 2. The number of guanidine groups is 1. The molecule has 0 bridgehead atoms. The molecule has 2 atom stereocenters. The lowest BCUT2D eigenvalue weighted by Gasteiger charge is -2.24. The Labute approximate surface area is 142 Å². The highest BCUT2D eigenvalue weighted by Crippen LogP contribution is 2.36. The second-order valence-electron chi connectivity index (χ2n) is 5.83. The van der Waals surface area contributed by atoms with Gasteiger partial charge in [-0.15, -0.1) is 0 Å². The fourth-order valence-corrected chi connectivity index (χ4v) is 3.70. The first-order chi connectivity index (χ1) is 11.1. The van der Waals surface area contributed by atoms with Crippen LogP contribution in [0.3, 0.4) is 0 Å². The maximum atomic E-state index is 5.45. The smallest absolute Gasteiger partial charge is 0.246 e. The van der Waals surface area contributed by atoms with Crippen molar-refractivity contribution in [2.24, 2.45) is 4.99 Å². The molecule has 1 aliphatic rings. The van der Waals surface area contributed by atoms with Gasteiger partial charge < -0.3 is 19.9 Å². The molecule has 1 saturated heterocycles. The van der Waals surface area contributed by atoms with Gasteiger partial charge in [0.05, 0.1) is 6.54 Å². The molecule has 1 aliphatic heterocycles. The lowest BCUT2D eigenvalue weighted by atomic mass is 10.1. The standard InChI is InChI=1S/C15H27N5O2S/c1-5-21-11(2)13-19-12(22-20-13)9-17-14(16-4)18-10-15(3)7-6-8-23-15/h11H,5-10H2,1-4H3,(H2,16,17,18). The van der Waals surface area contributed by atoms with Gasteiger partial charge in [-0.05, 0) is 39.4 Å². The van der Waals surface area contributed by atoms with Crippen molar-refractivity contribution in [3.8, 4) is 0 Å². The minimum atomic E-state index is -0.158. The molecule has 0 radical (unpaired) electrons. The Morgan fingerprint density at radius 3 is 3.00 bits per heavy atom. The van der Waals surface area contributed by atoms with Crippen LogP contribution < -0.4 is 10.6 Å². The molecule has 0 aromatic carbocycles. The number of rotatable bonds is 7. The van der Waals surface area contributed by atoms with E-state index in [1.54, 1.807) is 7.05 Å². The summed E-state index contributed by atoms with van der Waals surface area (Å²) in [5, 5.41) is 10.5. The Kier molecular flexibility index (Phi) is 6.71. The van der Waals surface area contributed by atoms with Crippen LogP contribution in [0, 0.1) is 0 Å². The lowest BCUT2D eigenvalue weighted by molar-refractivity contribution is 0.0683. The van der Waals surface area contributed by atoms with Gasteiger partial charge in [-0.25, -0.2) is 0 Å². The molecule has 0 amide bonds. The van der Waals surface area contributed by atoms with Crippen molar-refractivity contribution in [2.45, 2.75) is 51.0 Å². The minimum Gasteiger partial charge on any atom is -0.371 e. The van der Waals surface area contributed by atoms with Crippen molar-refractivity contribution in [3.05, 3.63) is 11.7 Å². The summed E-state index contributed by atoms with van der Waals surface area (Å²) in [5.41, 5.74) is 0. The predicted molar refractivity (Wildman–Crippen MR) is 92.6 cm³/mol. The second kappa shape index (κ2) is 8.54. The van der Waals surface area contributed by atoms with Gasteiger partial charge in [-0.3, -0.25) is 4.99 Å². The van der Waals surface area contributed by atoms with Crippen LogP contribution in [0.5, 0.6) is 0 Å². The molecule has 2 N–H and O–H groups in total. The van der Waals surface area contributed by atoms with Crippen LogP contribution >= 0.6 is 11.8 Å². The van der Waals surface area contributed by atoms with E-state index < -0.39 is 0 Å². The number of thioether (sulfide) groups is 1. The van der Waals surface area contributed by atoms with Crippen molar-refractivity contribution in [1.29, 1.82) is 0 Å². The minimum absolute atomic E-state index is 0.158. The average Bonchev–Trinajstić information content (AvgIpc) is 3.17. The maximum absolute atomic E-state index is 5.45. The summed E-state index contributed by atoms with van der Waals surface area (Å²) in [7, 11) is 1.76. The van der Waals surface area contributed by atoms with Crippen molar-refractivity contribution in [3.63, 3.8) is 0 Å². The highest BCUT2D eigenvalue weighted by Gasteiger charge is 2.29. The summed E-state index contributed by atoms with van der Waals surface area (Å²) < 4.78 is 11.0. The van der Waals surface area contributed by atoms with E-state index in [9.17, 15) is 0 Å². The molecule has 1 aromatic heterocycles. The third-order valence-corrected chi connectivity index (χ3v) is 5.36. The third kappa shape index (κ3) is 5.39. The van der Waals surface area contributed by atoms with E-state index in [0.29, 0.717) is 29.6 Å². The van der Waals surface area contributed by atoms with Crippen LogP contribution in [0.1, 0.15) is 51.4 Å². The Hall–Kier alpha value is -1.28. The average molecular weight is 341 g/mol. The van der Waals surface area contributed by atoms with Crippen molar-refractivity contribution >= 4 is 17.7 Å². The molecule has 8 heteroatoms. The SMILES string of the molecule is CCOC(C)c1noc(CNC(=NC)NCC2(C)CCCS2)n1. The van der Waals surface area contributed by atoms with E-state index in [2.05, 4.69) is 32.7 Å². The van der Waals surface area contributed by atoms with Gasteiger partial charge >= 0.3 is 0 Å². The van der Waals surface area contributed by atoms with Crippen molar-refractivity contribution in [2.75, 3.05) is 26.0 Å². The molecule has 0 aliphatic carbocycles. The van der Waals surface area contributed by atoms with Gasteiger partial charge in [-0.1, -0.05) is 5.16 Å². The molecular weight excluding hydrogens is 314 g/mol. The molecule has 2 heterocycles. The van der Waals surface area contributed by atoms with E-state index in [1.165, 1.54) is 18.6 Å². The van der Waals surface area contributed by atoms with Gasteiger partial charge in [-0.2, -0.15) is 16.7 Å². The highest BCUT2D eigenvalue weighted by atomic mass is 32.2. The summed E-state index contributed by atoms with van der Waals surface area (Å²) in [5.74, 6) is 3.08. The number of hydrogen-bond acceptors (Lipinski definition) is 6. The van der Waals surface area contributed by atoms with E-state index in [0.717, 1.165) is 12.5 Å². The zero-order chi connectivity index (χ0) is 16.7. The number of hydrogen-bond donors (Lipinski definition) is 2. The van der Waals surface area contributed by atoms with Crippen LogP contribution in [-0.2, 0) is 11.3 Å². The van der Waals surface area contributed by atoms with Gasteiger partial charge in [0.1, 0.15) is 6.10 Å². The van der Waals surface area contributed by atoms with Crippen LogP contribution in [0.25, 0.3) is 0 Å². The van der Waals surface area contributed by atoms with Crippen LogP contribution in [0.4, 0.5) is 0 Å². The summed E-state index contributed by atoms with van der Waals surface area (Å²) >= 11 is 2.02. The van der Waals surface area contributed by atoms with E-state index >= 15 is 0 Å². The fraction of sp³-hybridized carbons (Fsp3) is 0.800. The Balaban J connectivity index is 1.79. The molecule has 1 fully saturated rings. The van der Waals surface area contributed by atoms with Gasteiger partial charge in [0.25, 0.3) is 0 Å². The number of aliphatic imine (C=N–C) groups is 1. The zero-order valence-corrected chi connectivity index (χ0v) is 15.2. The zero-order valence-electron chi connectivity index (χ0n) is 14.4. The summed E-state index contributed by atoms with van der Waals surface area (Å²) in [4.78, 5) is 8.57. The first-order valence-corrected chi connectivity index (χ1v) is 9.07. The number of ether oxygens (including phenoxy) is 1. The topological polar surface area (TPSA) is 84.6 Å². The van der Waals surface area contributed by atoms with E-state index in [-0.39, 0.29) is 6.10 Å². The Morgan fingerprint density at radius 1 is 1.52 bits per heavy atom. The Bertz CT molecular complexity index is 514. The number of nitrogens with zero attached hydrogens (tertiary/aromatic N) is 3. The second-order valence-corrected chi connectivity index (χ2v) is 7.51. The largest absolute Gasteiger partial charge is 0.371 e. The molecule has 0 spiro atoms. The first kappa shape index (κ1) is 18.1. The maximum Gasteiger partial charge on any atom is 0.246 e. The number of nitrogens with one attached hydrogen (secondary N) is 2. The molecular formula is C15H27N5O2S. The van der Waals surface area contributed by atoms with E-state index in [4.69, 9.17) is 9.26 Å². The van der Waals surface area contributed by atoms with Crippen molar-refractivity contribution in [1.82, 2.24) is 20.8 Å². The van der Waals surface area contributed by atoms with E-state index in [1.807, 2.05) is 25.6 Å².